The molecular weight excluding hydrogens is 363 g/mol. The van der Waals surface area contributed by atoms with Crippen molar-refractivity contribution in [3.8, 4) is 5.75 Å². The maximum absolute atomic E-state index is 14.0. The monoisotopic (exact) mass is 384 g/mol. The highest BCUT2D eigenvalue weighted by atomic mass is 19.1. The molecule has 7 nitrogen and oxygen atoms in total. The highest BCUT2D eigenvalue weighted by Gasteiger charge is 2.21. The van der Waals surface area contributed by atoms with Gasteiger partial charge in [-0.05, 0) is 23.6 Å². The van der Waals surface area contributed by atoms with Gasteiger partial charge in [0.1, 0.15) is 0 Å². The van der Waals surface area contributed by atoms with Gasteiger partial charge >= 0.3 is 6.03 Å². The van der Waals surface area contributed by atoms with E-state index in [9.17, 15) is 14.0 Å². The Balaban J connectivity index is 1.23. The Morgan fingerprint density at radius 1 is 1.21 bits per heavy atom. The molecule has 2 aromatic rings. The van der Waals surface area contributed by atoms with Gasteiger partial charge in [-0.3, -0.25) is 9.69 Å². The molecule has 2 aliphatic rings. The van der Waals surface area contributed by atoms with Gasteiger partial charge in [0.05, 0.1) is 5.69 Å². The molecule has 0 spiro atoms. The van der Waals surface area contributed by atoms with Crippen molar-refractivity contribution in [3.05, 3.63) is 53.3 Å². The summed E-state index contributed by atoms with van der Waals surface area (Å²) in [6.07, 6.45) is 0.809. The van der Waals surface area contributed by atoms with Crippen LogP contribution in [0.2, 0.25) is 0 Å². The maximum atomic E-state index is 14.0. The molecule has 0 aliphatic carbocycles. The second-order valence-electron chi connectivity index (χ2n) is 6.89. The summed E-state index contributed by atoms with van der Waals surface area (Å²) in [6.45, 7) is 3.03. The molecule has 2 aliphatic heterocycles. The Kier molecular flexibility index (Phi) is 5.12. The number of amides is 3. The average Bonchev–Trinajstić information content (AvgIpc) is 3.07. The molecule has 28 heavy (non-hydrogen) atoms. The standard InChI is InChI=1S/C20H21FN4O3/c21-16-8-15(9-17-19(16)28-12-18(26)24-17)23-20(27)22-6-3-7-25-10-13-4-1-2-5-14(13)11-25/h1-2,4-5,8-9H,3,6-7,10-12H2,(H,24,26)(H2,22,23,27). The van der Waals surface area contributed by atoms with Gasteiger partial charge in [-0.1, -0.05) is 24.3 Å². The second kappa shape index (κ2) is 7.85. The van der Waals surface area contributed by atoms with Crippen molar-refractivity contribution in [2.45, 2.75) is 19.5 Å². The third-order valence-corrected chi connectivity index (χ3v) is 4.77. The first-order chi connectivity index (χ1) is 13.6. The fraction of sp³-hybridized carbons (Fsp3) is 0.300. The number of nitrogens with one attached hydrogen (secondary N) is 3. The zero-order chi connectivity index (χ0) is 19.5. The van der Waals surface area contributed by atoms with Gasteiger partial charge in [-0.25, -0.2) is 9.18 Å². The smallest absolute Gasteiger partial charge is 0.319 e. The highest BCUT2D eigenvalue weighted by Crippen LogP contribution is 2.33. The molecule has 146 valence electrons. The summed E-state index contributed by atoms with van der Waals surface area (Å²) >= 11 is 0. The van der Waals surface area contributed by atoms with Crippen LogP contribution in [0.1, 0.15) is 17.5 Å². The van der Waals surface area contributed by atoms with Crippen molar-refractivity contribution in [2.24, 2.45) is 0 Å². The SMILES string of the molecule is O=C1COc2c(F)cc(NC(=O)NCCCN3Cc4ccccc4C3)cc2N1. The van der Waals surface area contributed by atoms with Crippen LogP contribution in [0.3, 0.4) is 0 Å². The lowest BCUT2D eigenvalue weighted by molar-refractivity contribution is -0.118. The van der Waals surface area contributed by atoms with Crippen LogP contribution in [0.4, 0.5) is 20.6 Å². The van der Waals surface area contributed by atoms with E-state index < -0.39 is 11.8 Å². The summed E-state index contributed by atoms with van der Waals surface area (Å²) in [5.41, 5.74) is 3.17. The Labute approximate surface area is 161 Å². The molecule has 0 atom stereocenters. The minimum Gasteiger partial charge on any atom is -0.478 e. The van der Waals surface area contributed by atoms with Crippen LogP contribution < -0.4 is 20.7 Å². The molecule has 0 saturated carbocycles. The highest BCUT2D eigenvalue weighted by molar-refractivity contribution is 5.97. The number of carbonyl (C=O) groups excluding carboxylic acids is 2. The van der Waals surface area contributed by atoms with E-state index in [0.717, 1.165) is 32.1 Å². The number of nitrogens with zero attached hydrogens (tertiary/aromatic N) is 1. The zero-order valence-corrected chi connectivity index (χ0v) is 15.3. The lowest BCUT2D eigenvalue weighted by Crippen LogP contribution is -2.31. The minimum atomic E-state index is -0.638. The number of urea groups is 1. The number of hydrogen-bond donors (Lipinski definition) is 3. The van der Waals surface area contributed by atoms with E-state index in [1.165, 1.54) is 17.2 Å². The number of rotatable bonds is 5. The molecule has 0 radical (unpaired) electrons. The Hall–Kier alpha value is -3.13. The largest absolute Gasteiger partial charge is 0.478 e. The van der Waals surface area contributed by atoms with Gasteiger partial charge in [-0.15, -0.1) is 0 Å². The molecule has 0 fully saturated rings. The molecule has 3 N–H and O–H groups in total. The molecule has 0 unspecified atom stereocenters. The third kappa shape index (κ3) is 4.07. The summed E-state index contributed by atoms with van der Waals surface area (Å²) < 4.78 is 19.1. The molecule has 0 bridgehead atoms. The van der Waals surface area contributed by atoms with Crippen LogP contribution in [-0.4, -0.2) is 36.5 Å². The Bertz CT molecular complexity index is 893. The van der Waals surface area contributed by atoms with Gasteiger partial charge in [-0.2, -0.15) is 0 Å². The molecular formula is C20H21FN4O3. The van der Waals surface area contributed by atoms with Crippen LogP contribution in [0.25, 0.3) is 0 Å². The van der Waals surface area contributed by atoms with E-state index in [2.05, 4.69) is 45.1 Å². The molecule has 0 aromatic heterocycles. The number of hydrogen-bond acceptors (Lipinski definition) is 4. The number of benzene rings is 2. The maximum Gasteiger partial charge on any atom is 0.319 e. The zero-order valence-electron chi connectivity index (χ0n) is 15.3. The van der Waals surface area contributed by atoms with Gasteiger partial charge < -0.3 is 20.7 Å². The summed E-state index contributed by atoms with van der Waals surface area (Å²) in [4.78, 5) is 25.8. The second-order valence-corrected chi connectivity index (χ2v) is 6.89. The molecule has 0 saturated heterocycles. The summed E-state index contributed by atoms with van der Waals surface area (Å²) in [6, 6.07) is 10.6. The average molecular weight is 384 g/mol. The molecule has 2 aromatic carbocycles. The summed E-state index contributed by atoms with van der Waals surface area (Å²) in [5, 5.41) is 7.87. The third-order valence-electron chi connectivity index (χ3n) is 4.77. The van der Waals surface area contributed by atoms with Gasteiger partial charge in [0.15, 0.2) is 18.2 Å². The van der Waals surface area contributed by atoms with Gasteiger partial charge in [0, 0.05) is 37.9 Å². The number of fused-ring (bicyclic) bond motifs is 2. The summed E-state index contributed by atoms with van der Waals surface area (Å²) in [5.74, 6) is -1.02. The normalized spacial score (nSPS) is 15.2. The fourth-order valence-electron chi connectivity index (χ4n) is 3.47. The van der Waals surface area contributed by atoms with E-state index in [4.69, 9.17) is 4.74 Å². The van der Waals surface area contributed by atoms with Crippen molar-refractivity contribution in [3.63, 3.8) is 0 Å². The van der Waals surface area contributed by atoms with Gasteiger partial charge in [0.2, 0.25) is 0 Å². The first kappa shape index (κ1) is 18.2. The lowest BCUT2D eigenvalue weighted by atomic mass is 10.1. The van der Waals surface area contributed by atoms with Gasteiger partial charge in [0.25, 0.3) is 5.91 Å². The van der Waals surface area contributed by atoms with Crippen LogP contribution in [0, 0.1) is 5.82 Å². The Morgan fingerprint density at radius 3 is 2.71 bits per heavy atom. The van der Waals surface area contributed by atoms with Crippen LogP contribution >= 0.6 is 0 Å². The van der Waals surface area contributed by atoms with Crippen molar-refractivity contribution in [1.29, 1.82) is 0 Å². The topological polar surface area (TPSA) is 82.7 Å². The predicted octanol–water partition coefficient (Wildman–Crippen LogP) is 2.68. The number of halogens is 1. The van der Waals surface area contributed by atoms with Crippen molar-refractivity contribution >= 4 is 23.3 Å². The fourth-order valence-corrected chi connectivity index (χ4v) is 3.47. The van der Waals surface area contributed by atoms with E-state index >= 15 is 0 Å². The predicted molar refractivity (Wildman–Crippen MR) is 103 cm³/mol. The lowest BCUT2D eigenvalue weighted by Gasteiger charge is -2.19. The van der Waals surface area contributed by atoms with Crippen LogP contribution in [0.15, 0.2) is 36.4 Å². The molecule has 8 heteroatoms. The summed E-state index contributed by atoms with van der Waals surface area (Å²) in [7, 11) is 0. The van der Waals surface area contributed by atoms with Crippen molar-refractivity contribution < 1.29 is 18.7 Å². The van der Waals surface area contributed by atoms with E-state index in [-0.39, 0.29) is 29.6 Å². The molecule has 3 amide bonds. The number of carbonyl (C=O) groups is 2. The number of ether oxygens (including phenoxy) is 1. The van der Waals surface area contributed by atoms with Crippen molar-refractivity contribution in [1.82, 2.24) is 10.2 Å². The van der Waals surface area contributed by atoms with Crippen LogP contribution in [0.5, 0.6) is 5.75 Å². The quantitative estimate of drug-likeness (QED) is 0.693. The first-order valence-corrected chi connectivity index (χ1v) is 9.18. The van der Waals surface area contributed by atoms with Crippen LogP contribution in [-0.2, 0) is 17.9 Å². The minimum absolute atomic E-state index is 0.0165. The molecule has 2 heterocycles. The van der Waals surface area contributed by atoms with Crippen molar-refractivity contribution in [2.75, 3.05) is 30.3 Å². The Morgan fingerprint density at radius 2 is 1.96 bits per heavy atom. The van der Waals surface area contributed by atoms with E-state index in [1.807, 2.05) is 0 Å². The molecule has 4 rings (SSSR count). The first-order valence-electron chi connectivity index (χ1n) is 9.18. The number of anilines is 2. The van der Waals surface area contributed by atoms with E-state index in [1.54, 1.807) is 0 Å². The van der Waals surface area contributed by atoms with E-state index in [0.29, 0.717) is 6.54 Å².